The van der Waals surface area contributed by atoms with Gasteiger partial charge in [-0.15, -0.1) is 0 Å². The Morgan fingerprint density at radius 1 is 0.565 bits per heavy atom. The molecule has 0 radical (unpaired) electrons. The van der Waals surface area contributed by atoms with Gasteiger partial charge in [-0.1, -0.05) is 186 Å². The highest BCUT2D eigenvalue weighted by molar-refractivity contribution is 5.81. The molecule has 0 saturated heterocycles. The molecule has 4 atom stereocenters. The summed E-state index contributed by atoms with van der Waals surface area (Å²) in [5.74, 6) is -0.651. The van der Waals surface area contributed by atoms with Crippen LogP contribution in [0.1, 0.15) is 194 Å². The van der Waals surface area contributed by atoms with Gasteiger partial charge in [-0.25, -0.2) is 0 Å². The Labute approximate surface area is 284 Å². The molecule has 0 aliphatic carbocycles. The number of carbonyl (C=O) groups excluding carboxylic acids is 1. The first-order chi connectivity index (χ1) is 22.5. The zero-order valence-corrected chi connectivity index (χ0v) is 30.3. The SMILES string of the molecule is CCCCCCCC/C=C\C/C=C\CC(O)C(=O)NC(CO)C(O)C(O)CCCCCCCCCCCCCCCCCCCC. The van der Waals surface area contributed by atoms with Gasteiger partial charge < -0.3 is 25.7 Å². The number of unbranched alkanes of at least 4 members (excludes halogenated alkanes) is 23. The minimum absolute atomic E-state index is 0.160. The quantitative estimate of drug-likeness (QED) is 0.0346. The van der Waals surface area contributed by atoms with Crippen LogP contribution in [0.3, 0.4) is 0 Å². The lowest BCUT2D eigenvalue weighted by molar-refractivity contribution is -0.132. The maximum atomic E-state index is 12.4. The molecular formula is C40H77NO5. The lowest BCUT2D eigenvalue weighted by atomic mass is 9.99. The fraction of sp³-hybridized carbons (Fsp3) is 0.875. The summed E-state index contributed by atoms with van der Waals surface area (Å²) in [5.41, 5.74) is 0. The van der Waals surface area contributed by atoms with Crippen molar-refractivity contribution >= 4 is 5.91 Å². The molecule has 0 aromatic heterocycles. The van der Waals surface area contributed by atoms with E-state index >= 15 is 0 Å². The Balaban J connectivity index is 3.83. The number of rotatable bonds is 35. The van der Waals surface area contributed by atoms with Crippen molar-refractivity contribution in [3.63, 3.8) is 0 Å². The fourth-order valence-corrected chi connectivity index (χ4v) is 5.98. The molecule has 272 valence electrons. The highest BCUT2D eigenvalue weighted by Gasteiger charge is 2.28. The molecule has 5 N–H and O–H groups in total. The molecule has 0 saturated carbocycles. The number of nitrogens with one attached hydrogen (secondary N) is 1. The van der Waals surface area contributed by atoms with E-state index in [-0.39, 0.29) is 6.42 Å². The van der Waals surface area contributed by atoms with Crippen LogP contribution >= 0.6 is 0 Å². The summed E-state index contributed by atoms with van der Waals surface area (Å²) in [4.78, 5) is 12.4. The Bertz CT molecular complexity index is 697. The average Bonchev–Trinajstić information content (AvgIpc) is 3.06. The van der Waals surface area contributed by atoms with Crippen LogP contribution in [-0.2, 0) is 4.79 Å². The topological polar surface area (TPSA) is 110 Å². The minimum Gasteiger partial charge on any atom is -0.394 e. The van der Waals surface area contributed by atoms with E-state index in [9.17, 15) is 25.2 Å². The molecule has 0 aromatic carbocycles. The van der Waals surface area contributed by atoms with Crippen molar-refractivity contribution in [2.45, 2.75) is 218 Å². The van der Waals surface area contributed by atoms with Gasteiger partial charge in [0, 0.05) is 6.42 Å². The van der Waals surface area contributed by atoms with Crippen molar-refractivity contribution in [1.82, 2.24) is 5.32 Å². The van der Waals surface area contributed by atoms with E-state index in [2.05, 4.69) is 31.3 Å². The average molecular weight is 652 g/mol. The van der Waals surface area contributed by atoms with Crippen molar-refractivity contribution in [2.24, 2.45) is 0 Å². The summed E-state index contributed by atoms with van der Waals surface area (Å²) in [6.07, 6.45) is 37.9. The number of hydrogen-bond acceptors (Lipinski definition) is 5. The van der Waals surface area contributed by atoms with Crippen molar-refractivity contribution in [1.29, 1.82) is 0 Å². The molecule has 0 heterocycles. The van der Waals surface area contributed by atoms with Crippen LogP contribution in [0.25, 0.3) is 0 Å². The van der Waals surface area contributed by atoms with E-state index in [0.717, 1.165) is 32.1 Å². The zero-order chi connectivity index (χ0) is 33.9. The van der Waals surface area contributed by atoms with Crippen LogP contribution in [0, 0.1) is 0 Å². The molecule has 46 heavy (non-hydrogen) atoms. The molecular weight excluding hydrogens is 574 g/mol. The van der Waals surface area contributed by atoms with Crippen LogP contribution < -0.4 is 5.32 Å². The monoisotopic (exact) mass is 652 g/mol. The molecule has 0 aliphatic rings. The van der Waals surface area contributed by atoms with Gasteiger partial charge in [-0.2, -0.15) is 0 Å². The largest absolute Gasteiger partial charge is 0.394 e. The molecule has 0 aromatic rings. The molecule has 4 unspecified atom stereocenters. The molecule has 6 nitrogen and oxygen atoms in total. The van der Waals surface area contributed by atoms with Crippen LogP contribution in [0.5, 0.6) is 0 Å². The van der Waals surface area contributed by atoms with Gasteiger partial charge in [0.25, 0.3) is 0 Å². The van der Waals surface area contributed by atoms with Crippen LogP contribution in [0.2, 0.25) is 0 Å². The second-order valence-electron chi connectivity index (χ2n) is 13.6. The predicted octanol–water partition coefficient (Wildman–Crippen LogP) is 9.62. The van der Waals surface area contributed by atoms with Crippen LogP contribution in [-0.4, -0.2) is 57.3 Å². The first-order valence-corrected chi connectivity index (χ1v) is 19.7. The normalized spacial score (nSPS) is 14.7. The summed E-state index contributed by atoms with van der Waals surface area (Å²) in [7, 11) is 0. The number of aliphatic hydroxyl groups is 4. The maximum absolute atomic E-state index is 12.4. The van der Waals surface area contributed by atoms with Gasteiger partial charge in [0.05, 0.1) is 18.8 Å². The Kier molecular flexibility index (Phi) is 34.2. The van der Waals surface area contributed by atoms with Gasteiger partial charge in [0.2, 0.25) is 5.91 Å². The lowest BCUT2D eigenvalue weighted by Crippen LogP contribution is -2.53. The number of aliphatic hydroxyl groups excluding tert-OH is 4. The first kappa shape index (κ1) is 44.8. The summed E-state index contributed by atoms with van der Waals surface area (Å²) >= 11 is 0. The van der Waals surface area contributed by atoms with E-state index in [0.29, 0.717) is 6.42 Å². The molecule has 0 aliphatic heterocycles. The number of allylic oxidation sites excluding steroid dienone is 3. The Morgan fingerprint density at radius 3 is 1.43 bits per heavy atom. The van der Waals surface area contributed by atoms with E-state index < -0.39 is 36.9 Å². The molecule has 6 heteroatoms. The number of amides is 1. The molecule has 0 bridgehead atoms. The predicted molar refractivity (Wildman–Crippen MR) is 196 cm³/mol. The van der Waals surface area contributed by atoms with E-state index in [1.165, 1.54) is 135 Å². The number of hydrogen-bond donors (Lipinski definition) is 5. The molecule has 1 amide bonds. The molecule has 0 spiro atoms. The molecule has 0 rings (SSSR count). The van der Waals surface area contributed by atoms with Gasteiger partial charge in [-0.3, -0.25) is 4.79 Å². The third-order valence-electron chi connectivity index (χ3n) is 9.18. The highest BCUT2D eigenvalue weighted by atomic mass is 16.3. The van der Waals surface area contributed by atoms with E-state index in [4.69, 9.17) is 0 Å². The minimum atomic E-state index is -1.28. The Morgan fingerprint density at radius 2 is 0.978 bits per heavy atom. The fourth-order valence-electron chi connectivity index (χ4n) is 5.98. The van der Waals surface area contributed by atoms with E-state index in [1.807, 2.05) is 6.08 Å². The molecule has 0 fully saturated rings. The third kappa shape index (κ3) is 29.0. The van der Waals surface area contributed by atoms with Gasteiger partial charge >= 0.3 is 0 Å². The Hall–Kier alpha value is -1.21. The van der Waals surface area contributed by atoms with Crippen molar-refractivity contribution in [3.8, 4) is 0 Å². The third-order valence-corrected chi connectivity index (χ3v) is 9.18. The summed E-state index contributed by atoms with van der Waals surface area (Å²) < 4.78 is 0. The van der Waals surface area contributed by atoms with Gasteiger partial charge in [-0.05, 0) is 25.7 Å². The van der Waals surface area contributed by atoms with Crippen molar-refractivity contribution in [3.05, 3.63) is 24.3 Å². The standard InChI is InChI=1S/C40H77NO5/c1-3-5-7-9-11-13-15-17-18-19-20-21-22-24-25-27-29-31-33-37(43)39(45)36(35-42)41-40(46)38(44)34-32-30-28-26-23-16-14-12-10-8-6-4-2/h23,26,30,32,36-39,42-45H,3-22,24-25,27-29,31,33-35H2,1-2H3,(H,41,46)/b26-23-,32-30-. The maximum Gasteiger partial charge on any atom is 0.249 e. The summed E-state index contributed by atoms with van der Waals surface area (Å²) in [6, 6.07) is -1.01. The summed E-state index contributed by atoms with van der Waals surface area (Å²) in [5, 5.41) is 43.4. The van der Waals surface area contributed by atoms with Crippen molar-refractivity contribution < 1.29 is 25.2 Å². The summed E-state index contributed by atoms with van der Waals surface area (Å²) in [6.45, 7) is 4.00. The zero-order valence-electron chi connectivity index (χ0n) is 30.3. The second kappa shape index (κ2) is 35.1. The lowest BCUT2D eigenvalue weighted by Gasteiger charge is -2.27. The highest BCUT2D eigenvalue weighted by Crippen LogP contribution is 2.16. The van der Waals surface area contributed by atoms with Crippen molar-refractivity contribution in [2.75, 3.05) is 6.61 Å². The van der Waals surface area contributed by atoms with Gasteiger partial charge in [0.1, 0.15) is 12.2 Å². The van der Waals surface area contributed by atoms with Crippen LogP contribution in [0.15, 0.2) is 24.3 Å². The van der Waals surface area contributed by atoms with Gasteiger partial charge in [0.15, 0.2) is 0 Å². The number of carbonyl (C=O) groups is 1. The van der Waals surface area contributed by atoms with E-state index in [1.54, 1.807) is 6.08 Å². The smallest absolute Gasteiger partial charge is 0.249 e. The first-order valence-electron chi connectivity index (χ1n) is 19.7. The van der Waals surface area contributed by atoms with Crippen LogP contribution in [0.4, 0.5) is 0 Å². The second-order valence-corrected chi connectivity index (χ2v) is 13.6.